The Labute approximate surface area is 113 Å². The van der Waals surface area contributed by atoms with Crippen LogP contribution in [-0.2, 0) is 6.42 Å². The summed E-state index contributed by atoms with van der Waals surface area (Å²) in [5.74, 6) is -3.71. The van der Waals surface area contributed by atoms with Crippen LogP contribution in [0.25, 0.3) is 0 Å². The lowest BCUT2D eigenvalue weighted by Gasteiger charge is -2.16. The Morgan fingerprint density at radius 2 is 1.85 bits per heavy atom. The van der Waals surface area contributed by atoms with Crippen molar-refractivity contribution in [2.45, 2.75) is 18.9 Å². The summed E-state index contributed by atoms with van der Waals surface area (Å²) in [7, 11) is 0. The van der Waals surface area contributed by atoms with Gasteiger partial charge in [-0.25, -0.2) is 13.2 Å². The predicted octanol–water partition coefficient (Wildman–Crippen LogP) is 3.91. The van der Waals surface area contributed by atoms with Gasteiger partial charge in [-0.05, 0) is 42.2 Å². The third-order valence-corrected chi connectivity index (χ3v) is 3.61. The normalized spacial score (nSPS) is 17.1. The Kier molecular flexibility index (Phi) is 3.04. The first kappa shape index (κ1) is 12.8. The molecule has 0 fully saturated rings. The van der Waals surface area contributed by atoms with E-state index in [1.807, 2.05) is 6.07 Å². The van der Waals surface area contributed by atoms with E-state index in [9.17, 15) is 18.3 Å². The molecule has 5 heteroatoms. The lowest BCUT2D eigenvalue weighted by atomic mass is 10.1. The number of aromatic hydroxyl groups is 1. The fraction of sp³-hybridized carbons (Fsp3) is 0.200. The van der Waals surface area contributed by atoms with Crippen molar-refractivity contribution in [3.05, 3.63) is 58.9 Å². The molecule has 0 radical (unpaired) electrons. The fourth-order valence-corrected chi connectivity index (χ4v) is 2.61. The average molecular weight is 279 g/mol. The SMILES string of the molecule is Oc1cccc2c1CCC2Nc1ccc(F)c(F)c1F. The molecule has 0 saturated heterocycles. The summed E-state index contributed by atoms with van der Waals surface area (Å²) in [5.41, 5.74) is 1.59. The van der Waals surface area contributed by atoms with E-state index in [4.69, 9.17) is 0 Å². The smallest absolute Gasteiger partial charge is 0.196 e. The molecule has 1 unspecified atom stereocenters. The molecule has 0 amide bonds. The van der Waals surface area contributed by atoms with Crippen molar-refractivity contribution in [1.29, 1.82) is 0 Å². The van der Waals surface area contributed by atoms with E-state index < -0.39 is 17.5 Å². The summed E-state index contributed by atoms with van der Waals surface area (Å²) < 4.78 is 39.7. The highest BCUT2D eigenvalue weighted by Crippen LogP contribution is 2.38. The van der Waals surface area contributed by atoms with E-state index in [2.05, 4.69) is 5.32 Å². The molecule has 1 atom stereocenters. The predicted molar refractivity (Wildman–Crippen MR) is 69.1 cm³/mol. The number of hydrogen-bond donors (Lipinski definition) is 2. The van der Waals surface area contributed by atoms with E-state index in [1.54, 1.807) is 12.1 Å². The number of phenolic OH excluding ortho intramolecular Hbond substituents is 1. The van der Waals surface area contributed by atoms with Crippen molar-refractivity contribution in [2.75, 3.05) is 5.32 Å². The molecule has 3 rings (SSSR count). The van der Waals surface area contributed by atoms with Crippen LogP contribution in [0.2, 0.25) is 0 Å². The highest BCUT2D eigenvalue weighted by Gasteiger charge is 2.26. The van der Waals surface area contributed by atoms with Crippen molar-refractivity contribution in [2.24, 2.45) is 0 Å². The Morgan fingerprint density at radius 1 is 1.05 bits per heavy atom. The van der Waals surface area contributed by atoms with Crippen LogP contribution in [0.3, 0.4) is 0 Å². The molecule has 0 aliphatic heterocycles. The van der Waals surface area contributed by atoms with Crippen molar-refractivity contribution in [1.82, 2.24) is 0 Å². The lowest BCUT2D eigenvalue weighted by molar-refractivity contribution is 0.448. The van der Waals surface area contributed by atoms with Gasteiger partial charge in [0.25, 0.3) is 0 Å². The highest BCUT2D eigenvalue weighted by atomic mass is 19.2. The van der Waals surface area contributed by atoms with Gasteiger partial charge < -0.3 is 10.4 Å². The molecule has 0 spiro atoms. The number of anilines is 1. The Hall–Kier alpha value is -2.17. The molecular formula is C15H12F3NO. The van der Waals surface area contributed by atoms with Crippen molar-refractivity contribution in [3.63, 3.8) is 0 Å². The van der Waals surface area contributed by atoms with Crippen molar-refractivity contribution >= 4 is 5.69 Å². The standard InChI is InChI=1S/C15H12F3NO/c16-10-5-7-12(15(18)14(10)17)19-11-6-4-9-8(11)2-1-3-13(9)20/h1-3,5,7,11,19-20H,4,6H2. The third-order valence-electron chi connectivity index (χ3n) is 3.61. The average Bonchev–Trinajstić information content (AvgIpc) is 2.84. The quantitative estimate of drug-likeness (QED) is 0.817. The second-order valence-corrected chi connectivity index (χ2v) is 4.80. The summed E-state index contributed by atoms with van der Waals surface area (Å²) in [4.78, 5) is 0. The van der Waals surface area contributed by atoms with Gasteiger partial charge in [0, 0.05) is 0 Å². The summed E-state index contributed by atoms with van der Waals surface area (Å²) >= 11 is 0. The van der Waals surface area contributed by atoms with Gasteiger partial charge >= 0.3 is 0 Å². The van der Waals surface area contributed by atoms with Gasteiger partial charge in [0.2, 0.25) is 0 Å². The molecule has 0 aromatic heterocycles. The molecule has 1 aliphatic rings. The summed E-state index contributed by atoms with van der Waals surface area (Å²) in [6.45, 7) is 0. The lowest BCUT2D eigenvalue weighted by Crippen LogP contribution is -2.09. The van der Waals surface area contributed by atoms with Gasteiger partial charge in [0.1, 0.15) is 5.75 Å². The van der Waals surface area contributed by atoms with Crippen LogP contribution < -0.4 is 5.32 Å². The van der Waals surface area contributed by atoms with Crippen LogP contribution in [0, 0.1) is 17.5 Å². The molecule has 0 heterocycles. The minimum Gasteiger partial charge on any atom is -0.508 e. The second kappa shape index (κ2) is 4.74. The van der Waals surface area contributed by atoms with Crippen LogP contribution in [0.4, 0.5) is 18.9 Å². The van der Waals surface area contributed by atoms with E-state index in [0.717, 1.165) is 17.2 Å². The molecule has 0 saturated carbocycles. The Balaban J connectivity index is 1.92. The monoisotopic (exact) mass is 279 g/mol. The van der Waals surface area contributed by atoms with E-state index >= 15 is 0 Å². The number of rotatable bonds is 2. The summed E-state index contributed by atoms with van der Waals surface area (Å²) in [6, 6.07) is 6.97. The first-order valence-corrected chi connectivity index (χ1v) is 6.28. The molecular weight excluding hydrogens is 267 g/mol. The zero-order valence-corrected chi connectivity index (χ0v) is 10.5. The number of fused-ring (bicyclic) bond motifs is 1. The van der Waals surface area contributed by atoms with Gasteiger partial charge in [0.05, 0.1) is 11.7 Å². The maximum atomic E-state index is 13.6. The minimum absolute atomic E-state index is 0.0786. The first-order valence-electron chi connectivity index (χ1n) is 6.28. The third kappa shape index (κ3) is 1.99. The Morgan fingerprint density at radius 3 is 2.65 bits per heavy atom. The molecule has 1 aliphatic carbocycles. The van der Waals surface area contributed by atoms with Crippen LogP contribution in [0.5, 0.6) is 5.75 Å². The maximum Gasteiger partial charge on any atom is 0.196 e. The van der Waals surface area contributed by atoms with E-state index in [0.29, 0.717) is 12.8 Å². The first-order chi connectivity index (χ1) is 9.58. The van der Waals surface area contributed by atoms with Crippen LogP contribution in [0.1, 0.15) is 23.6 Å². The van der Waals surface area contributed by atoms with Crippen molar-refractivity contribution in [3.8, 4) is 5.75 Å². The number of nitrogens with one attached hydrogen (secondary N) is 1. The van der Waals surface area contributed by atoms with Gasteiger partial charge in [-0.15, -0.1) is 0 Å². The maximum absolute atomic E-state index is 13.6. The van der Waals surface area contributed by atoms with Crippen LogP contribution in [0.15, 0.2) is 30.3 Å². The topological polar surface area (TPSA) is 32.3 Å². The second-order valence-electron chi connectivity index (χ2n) is 4.80. The van der Waals surface area contributed by atoms with Crippen molar-refractivity contribution < 1.29 is 18.3 Å². The van der Waals surface area contributed by atoms with Gasteiger partial charge in [-0.2, -0.15) is 0 Å². The van der Waals surface area contributed by atoms with Gasteiger partial charge in [-0.3, -0.25) is 0 Å². The molecule has 2 nitrogen and oxygen atoms in total. The number of hydrogen-bond acceptors (Lipinski definition) is 2. The summed E-state index contributed by atoms with van der Waals surface area (Å²) in [6.07, 6.45) is 1.32. The largest absolute Gasteiger partial charge is 0.508 e. The number of halogens is 3. The highest BCUT2D eigenvalue weighted by molar-refractivity contribution is 5.52. The zero-order valence-electron chi connectivity index (χ0n) is 10.5. The minimum atomic E-state index is -1.48. The van der Waals surface area contributed by atoms with E-state index in [-0.39, 0.29) is 17.5 Å². The number of benzene rings is 2. The fourth-order valence-electron chi connectivity index (χ4n) is 2.61. The Bertz CT molecular complexity index is 672. The molecule has 2 N–H and O–H groups in total. The zero-order chi connectivity index (χ0) is 14.3. The number of phenols is 1. The molecule has 2 aromatic carbocycles. The van der Waals surface area contributed by atoms with Crippen LogP contribution in [-0.4, -0.2) is 5.11 Å². The molecule has 0 bridgehead atoms. The van der Waals surface area contributed by atoms with Gasteiger partial charge in [0.15, 0.2) is 17.5 Å². The van der Waals surface area contributed by atoms with Gasteiger partial charge in [-0.1, -0.05) is 12.1 Å². The summed E-state index contributed by atoms with van der Waals surface area (Å²) in [5, 5.41) is 12.6. The van der Waals surface area contributed by atoms with Crippen LogP contribution >= 0.6 is 0 Å². The van der Waals surface area contributed by atoms with E-state index in [1.165, 1.54) is 6.07 Å². The molecule has 104 valence electrons. The molecule has 20 heavy (non-hydrogen) atoms. The molecule has 2 aromatic rings.